The molecule has 0 radical (unpaired) electrons. The second kappa shape index (κ2) is 8.68. The maximum Gasteiger partial charge on any atom is 0.244 e. The lowest BCUT2D eigenvalue weighted by Crippen LogP contribution is -2.46. The van der Waals surface area contributed by atoms with Crippen LogP contribution in [0, 0.1) is 6.92 Å². The van der Waals surface area contributed by atoms with Crippen molar-refractivity contribution in [1.29, 1.82) is 0 Å². The van der Waals surface area contributed by atoms with Crippen LogP contribution in [0.2, 0.25) is 5.02 Å². The Morgan fingerprint density at radius 3 is 2.60 bits per heavy atom. The highest BCUT2D eigenvalue weighted by Gasteiger charge is 2.29. The summed E-state index contributed by atoms with van der Waals surface area (Å²) in [7, 11) is 0. The SMILES string of the molecule is Cc1ccc(C(N)C(=O)N2CCOC(c3ccccc3Cl)C2)cc1.Cl. The quantitative estimate of drug-likeness (QED) is 0.883. The first-order valence-corrected chi connectivity index (χ1v) is 8.41. The van der Waals surface area contributed by atoms with Crippen molar-refractivity contribution >= 4 is 29.9 Å². The summed E-state index contributed by atoms with van der Waals surface area (Å²) in [6.07, 6.45) is -0.221. The van der Waals surface area contributed by atoms with Crippen molar-refractivity contribution in [2.75, 3.05) is 19.7 Å². The molecule has 1 aliphatic rings. The average Bonchev–Trinajstić information content (AvgIpc) is 2.61. The maximum atomic E-state index is 12.8. The maximum absolute atomic E-state index is 12.8. The molecule has 2 aromatic rings. The molecule has 2 aromatic carbocycles. The number of hydrogen-bond donors (Lipinski definition) is 1. The molecule has 0 aromatic heterocycles. The van der Waals surface area contributed by atoms with Crippen LogP contribution in [0.5, 0.6) is 0 Å². The molecule has 3 rings (SSSR count). The van der Waals surface area contributed by atoms with Crippen molar-refractivity contribution in [3.05, 3.63) is 70.2 Å². The van der Waals surface area contributed by atoms with Gasteiger partial charge in [-0.15, -0.1) is 12.4 Å². The van der Waals surface area contributed by atoms with Crippen molar-refractivity contribution in [3.8, 4) is 0 Å². The summed E-state index contributed by atoms with van der Waals surface area (Å²) in [6, 6.07) is 14.7. The Morgan fingerprint density at radius 2 is 1.92 bits per heavy atom. The highest BCUT2D eigenvalue weighted by molar-refractivity contribution is 6.31. The van der Waals surface area contributed by atoms with Crippen LogP contribution in [-0.2, 0) is 9.53 Å². The van der Waals surface area contributed by atoms with Gasteiger partial charge >= 0.3 is 0 Å². The third kappa shape index (κ3) is 4.53. The Hall–Kier alpha value is -1.59. The third-order valence-corrected chi connectivity index (χ3v) is 4.68. The summed E-state index contributed by atoms with van der Waals surface area (Å²) in [6.45, 7) is 3.48. The van der Waals surface area contributed by atoms with Crippen LogP contribution in [0.25, 0.3) is 0 Å². The number of carbonyl (C=O) groups is 1. The largest absolute Gasteiger partial charge is 0.370 e. The van der Waals surface area contributed by atoms with Gasteiger partial charge in [-0.05, 0) is 18.6 Å². The van der Waals surface area contributed by atoms with Crippen LogP contribution in [0.3, 0.4) is 0 Å². The summed E-state index contributed by atoms with van der Waals surface area (Å²) in [4.78, 5) is 14.5. The first-order chi connectivity index (χ1) is 11.6. The second-order valence-electron chi connectivity index (χ2n) is 6.05. The van der Waals surface area contributed by atoms with Gasteiger partial charge in [0.1, 0.15) is 12.1 Å². The molecule has 0 bridgehead atoms. The Bertz CT molecular complexity index is 722. The van der Waals surface area contributed by atoms with Gasteiger partial charge in [-0.2, -0.15) is 0 Å². The van der Waals surface area contributed by atoms with Crippen LogP contribution in [0.4, 0.5) is 0 Å². The van der Waals surface area contributed by atoms with E-state index in [0.29, 0.717) is 24.7 Å². The zero-order chi connectivity index (χ0) is 17.1. The molecular weight excluding hydrogens is 359 g/mol. The predicted molar refractivity (Wildman–Crippen MR) is 102 cm³/mol. The normalized spacial score (nSPS) is 18.4. The Kier molecular flexibility index (Phi) is 6.85. The van der Waals surface area contributed by atoms with E-state index in [-0.39, 0.29) is 24.4 Å². The van der Waals surface area contributed by atoms with E-state index in [2.05, 4.69) is 0 Å². The zero-order valence-electron chi connectivity index (χ0n) is 14.0. The minimum atomic E-state index is -0.657. The van der Waals surface area contributed by atoms with Crippen molar-refractivity contribution in [2.24, 2.45) is 5.73 Å². The first kappa shape index (κ1) is 19.7. The summed E-state index contributed by atoms with van der Waals surface area (Å²) >= 11 is 6.25. The number of amides is 1. The Morgan fingerprint density at radius 1 is 1.24 bits per heavy atom. The number of halogens is 2. The third-order valence-electron chi connectivity index (χ3n) is 4.33. The topological polar surface area (TPSA) is 55.6 Å². The molecule has 25 heavy (non-hydrogen) atoms. The number of morpholine rings is 1. The Labute approximate surface area is 159 Å². The first-order valence-electron chi connectivity index (χ1n) is 8.03. The van der Waals surface area contributed by atoms with Crippen LogP contribution in [0.1, 0.15) is 28.8 Å². The van der Waals surface area contributed by atoms with E-state index < -0.39 is 6.04 Å². The van der Waals surface area contributed by atoms with Crippen LogP contribution in [-0.4, -0.2) is 30.5 Å². The lowest BCUT2D eigenvalue weighted by molar-refractivity contribution is -0.140. The van der Waals surface area contributed by atoms with Crippen LogP contribution >= 0.6 is 24.0 Å². The molecule has 0 aliphatic carbocycles. The fraction of sp³-hybridized carbons (Fsp3) is 0.316. The van der Waals surface area contributed by atoms with Gasteiger partial charge in [-0.25, -0.2) is 0 Å². The van der Waals surface area contributed by atoms with Crippen molar-refractivity contribution < 1.29 is 9.53 Å². The number of benzene rings is 2. The van der Waals surface area contributed by atoms with E-state index in [4.69, 9.17) is 22.1 Å². The van der Waals surface area contributed by atoms with Crippen LogP contribution < -0.4 is 5.73 Å². The molecule has 6 heteroatoms. The number of nitrogens with zero attached hydrogens (tertiary/aromatic N) is 1. The molecule has 2 N–H and O–H groups in total. The van der Waals surface area contributed by atoms with Crippen molar-refractivity contribution in [3.63, 3.8) is 0 Å². The molecule has 0 spiro atoms. The number of nitrogens with two attached hydrogens (primary N) is 1. The fourth-order valence-electron chi connectivity index (χ4n) is 2.89. The molecule has 134 valence electrons. The monoisotopic (exact) mass is 380 g/mol. The number of carbonyl (C=O) groups excluding carboxylic acids is 1. The van der Waals surface area contributed by atoms with E-state index in [1.807, 2.05) is 55.5 Å². The van der Waals surface area contributed by atoms with Crippen LogP contribution in [0.15, 0.2) is 48.5 Å². The summed E-state index contributed by atoms with van der Waals surface area (Å²) in [5, 5.41) is 0.652. The van der Waals surface area contributed by atoms with Crippen molar-refractivity contribution in [2.45, 2.75) is 19.1 Å². The fourth-order valence-corrected chi connectivity index (χ4v) is 3.14. The summed E-state index contributed by atoms with van der Waals surface area (Å²) in [5.74, 6) is -0.0841. The van der Waals surface area contributed by atoms with Gasteiger partial charge in [0.05, 0.1) is 13.2 Å². The molecule has 4 nitrogen and oxygen atoms in total. The molecule has 2 atom stereocenters. The van der Waals surface area contributed by atoms with E-state index >= 15 is 0 Å². The molecular formula is C19H22Cl2N2O2. The number of rotatable bonds is 3. The lowest BCUT2D eigenvalue weighted by Gasteiger charge is -2.35. The van der Waals surface area contributed by atoms with E-state index in [1.165, 1.54) is 0 Å². The lowest BCUT2D eigenvalue weighted by atomic mass is 10.0. The number of hydrogen-bond acceptors (Lipinski definition) is 3. The summed E-state index contributed by atoms with van der Waals surface area (Å²) < 4.78 is 5.81. The molecule has 1 fully saturated rings. The van der Waals surface area contributed by atoms with Gasteiger partial charge in [0.25, 0.3) is 0 Å². The van der Waals surface area contributed by atoms with Gasteiger partial charge in [0.2, 0.25) is 5.91 Å². The van der Waals surface area contributed by atoms with Gasteiger partial charge < -0.3 is 15.4 Å². The van der Waals surface area contributed by atoms with Gasteiger partial charge in [0, 0.05) is 17.1 Å². The minimum Gasteiger partial charge on any atom is -0.370 e. The second-order valence-corrected chi connectivity index (χ2v) is 6.46. The molecule has 1 aliphatic heterocycles. The predicted octanol–water partition coefficient (Wildman–Crippen LogP) is 3.67. The average molecular weight is 381 g/mol. The molecule has 1 saturated heterocycles. The summed E-state index contributed by atoms with van der Waals surface area (Å²) in [5.41, 5.74) is 9.05. The molecule has 0 saturated carbocycles. The Balaban J connectivity index is 0.00000225. The smallest absolute Gasteiger partial charge is 0.244 e. The van der Waals surface area contributed by atoms with E-state index in [1.54, 1.807) is 4.90 Å². The number of ether oxygens (including phenoxy) is 1. The number of aryl methyl sites for hydroxylation is 1. The zero-order valence-corrected chi connectivity index (χ0v) is 15.6. The standard InChI is InChI=1S/C19H21ClN2O2.ClH/c1-13-6-8-14(9-7-13)18(21)19(23)22-10-11-24-17(12-22)15-4-2-3-5-16(15)20;/h2-9,17-18H,10-12,21H2,1H3;1H. The highest BCUT2D eigenvalue weighted by atomic mass is 35.5. The van der Waals surface area contributed by atoms with Gasteiger partial charge in [-0.1, -0.05) is 59.6 Å². The highest BCUT2D eigenvalue weighted by Crippen LogP contribution is 2.29. The molecule has 1 heterocycles. The molecule has 2 unspecified atom stereocenters. The van der Waals surface area contributed by atoms with Gasteiger partial charge in [-0.3, -0.25) is 4.79 Å². The minimum absolute atomic E-state index is 0. The van der Waals surface area contributed by atoms with Crippen molar-refractivity contribution in [1.82, 2.24) is 4.90 Å². The van der Waals surface area contributed by atoms with E-state index in [0.717, 1.165) is 16.7 Å². The van der Waals surface area contributed by atoms with Gasteiger partial charge in [0.15, 0.2) is 0 Å². The molecule has 1 amide bonds. The van der Waals surface area contributed by atoms with E-state index in [9.17, 15) is 4.79 Å².